The molecule has 8 nitrogen and oxygen atoms in total. The Bertz CT molecular complexity index is 2090. The lowest BCUT2D eigenvalue weighted by atomic mass is 10.0. The van der Waals surface area contributed by atoms with Gasteiger partial charge in [0.25, 0.3) is 0 Å². The monoisotopic (exact) mass is 592 g/mol. The normalized spacial score (nSPS) is 12.1. The van der Waals surface area contributed by atoms with Gasteiger partial charge in [0.1, 0.15) is 0 Å². The lowest BCUT2D eigenvalue weighted by molar-refractivity contribution is -0.138. The van der Waals surface area contributed by atoms with Crippen molar-refractivity contribution in [1.82, 2.24) is 19.5 Å². The van der Waals surface area contributed by atoms with Gasteiger partial charge in [0, 0.05) is 69.0 Å². The predicted octanol–water partition coefficient (Wildman–Crippen LogP) is 3.67. The van der Waals surface area contributed by atoms with E-state index in [2.05, 4.69) is 71.7 Å². The van der Waals surface area contributed by atoms with E-state index >= 15 is 0 Å². The molecule has 8 heteroatoms. The van der Waals surface area contributed by atoms with E-state index in [-0.39, 0.29) is 12.8 Å². The number of hydrogen-bond acceptors (Lipinski definition) is 2. The molecule has 8 bridgehead atoms. The number of fused-ring (bicyclic) bond motifs is 8. The first-order valence-corrected chi connectivity index (χ1v) is 14.9. The third-order valence-corrected chi connectivity index (χ3v) is 8.96. The van der Waals surface area contributed by atoms with Crippen LogP contribution in [0.4, 0.5) is 0 Å². The highest BCUT2D eigenvalue weighted by Gasteiger charge is 2.19. The quantitative estimate of drug-likeness (QED) is 0.179. The molecule has 0 radical (unpaired) electrons. The second-order valence-corrected chi connectivity index (χ2v) is 11.4. The third-order valence-electron chi connectivity index (χ3n) is 8.96. The van der Waals surface area contributed by atoms with Crippen molar-refractivity contribution in [1.29, 1.82) is 0 Å². The number of hydrogen-bond donors (Lipinski definition) is 5. The van der Waals surface area contributed by atoms with E-state index in [1.165, 1.54) is 0 Å². The molecular formula is C36H40N4O4. The van der Waals surface area contributed by atoms with Gasteiger partial charge < -0.3 is 29.7 Å². The number of carboxylic acid groups (broad SMARTS) is 2. The highest BCUT2D eigenvalue weighted by Crippen LogP contribution is 2.26. The standard InChI is InChI=1S/C36H40N4O4/c1-8-23-19(4)29-18-34-24(9-2)22(7)33(40(34)10-3)17-28-21(6)26(12-14-36(43)44)32(39-28)16-31-25(11-13-35(41)42)20(5)27(37-31)15-30(23)38-29/h8-9,15-18,37-39H,1-2,10-14H2,3-7H3,(H,41,42)(H,43,44). The molecule has 5 N–H and O–H groups in total. The third kappa shape index (κ3) is 5.32. The summed E-state index contributed by atoms with van der Waals surface area (Å²) >= 11 is 0. The fraction of sp³-hybridized carbons (Fsp3) is 0.278. The van der Waals surface area contributed by atoms with Gasteiger partial charge in [-0.15, -0.1) is 0 Å². The van der Waals surface area contributed by atoms with E-state index in [9.17, 15) is 19.8 Å². The summed E-state index contributed by atoms with van der Waals surface area (Å²) in [6, 6.07) is 0. The number of nitrogens with zero attached hydrogens (tertiary/aromatic N) is 1. The molecule has 0 unspecified atom stereocenters. The van der Waals surface area contributed by atoms with Gasteiger partial charge in [0.15, 0.2) is 0 Å². The maximum absolute atomic E-state index is 11.6. The van der Waals surface area contributed by atoms with Crippen LogP contribution in [-0.4, -0.2) is 41.7 Å². The van der Waals surface area contributed by atoms with Crippen LogP contribution >= 0.6 is 0 Å². The van der Waals surface area contributed by atoms with Crippen molar-refractivity contribution in [2.45, 2.75) is 66.8 Å². The first-order chi connectivity index (χ1) is 21.0. The molecule has 0 spiro atoms. The molecule has 0 atom stereocenters. The van der Waals surface area contributed by atoms with Gasteiger partial charge in [-0.05, 0) is 105 Å². The number of nitrogens with one attached hydrogen (secondary N) is 3. The zero-order chi connectivity index (χ0) is 31.9. The van der Waals surface area contributed by atoms with E-state index in [0.717, 1.165) is 95.2 Å². The Balaban J connectivity index is 1.97. The zero-order valence-electron chi connectivity index (χ0n) is 26.1. The SMILES string of the molecule is C=Cc1c(C)c2n(CC)c1C=c1[nH]c(c(C=C)c1C)=Cc1[nH]c(c(CCC(=O)O)c1C)C=c1[nH]c(c(C)c1CCC(=O)O)=C2. The van der Waals surface area contributed by atoms with Gasteiger partial charge >= 0.3 is 11.9 Å². The molecule has 5 heterocycles. The smallest absolute Gasteiger partial charge is 0.303 e. The average molecular weight is 593 g/mol. The van der Waals surface area contributed by atoms with Crippen LogP contribution in [0.15, 0.2) is 13.2 Å². The Morgan fingerprint density at radius 2 is 1.25 bits per heavy atom. The number of carboxylic acids is 2. The van der Waals surface area contributed by atoms with Gasteiger partial charge in [-0.25, -0.2) is 0 Å². The molecule has 5 rings (SSSR count). The lowest BCUT2D eigenvalue weighted by Crippen LogP contribution is -2.15. The van der Waals surface area contributed by atoms with Crippen LogP contribution in [0.2, 0.25) is 0 Å². The number of aromatic nitrogens is 4. The number of aromatic amines is 3. The Hall–Kier alpha value is -4.98. The Kier molecular flexibility index (Phi) is 8.28. The number of rotatable bonds is 9. The largest absolute Gasteiger partial charge is 0.481 e. The van der Waals surface area contributed by atoms with Crippen LogP contribution in [0.3, 0.4) is 0 Å². The molecule has 0 saturated heterocycles. The van der Waals surface area contributed by atoms with E-state index in [1.54, 1.807) is 0 Å². The Morgan fingerprint density at radius 3 is 1.86 bits per heavy atom. The minimum atomic E-state index is -0.864. The molecule has 4 aromatic heterocycles. The predicted molar refractivity (Wildman–Crippen MR) is 176 cm³/mol. The summed E-state index contributed by atoms with van der Waals surface area (Å²) < 4.78 is 2.28. The van der Waals surface area contributed by atoms with Gasteiger partial charge in [-0.3, -0.25) is 9.59 Å². The highest BCUT2D eigenvalue weighted by molar-refractivity contribution is 5.73. The van der Waals surface area contributed by atoms with Crippen LogP contribution in [0.25, 0.3) is 36.5 Å². The van der Waals surface area contributed by atoms with Crippen molar-refractivity contribution < 1.29 is 19.8 Å². The average Bonchev–Trinajstić information content (AvgIpc) is 3.62. The van der Waals surface area contributed by atoms with Gasteiger partial charge in [0.05, 0.1) is 5.69 Å². The maximum atomic E-state index is 11.6. The first-order valence-electron chi connectivity index (χ1n) is 14.9. The van der Waals surface area contributed by atoms with Gasteiger partial charge in [-0.1, -0.05) is 25.3 Å². The Labute approximate surface area is 256 Å². The molecule has 1 aliphatic heterocycles. The lowest BCUT2D eigenvalue weighted by Gasteiger charge is -2.07. The molecule has 4 aromatic rings. The summed E-state index contributed by atoms with van der Waals surface area (Å²) in [5.74, 6) is -1.73. The number of aliphatic carboxylic acids is 2. The topological polar surface area (TPSA) is 127 Å². The van der Waals surface area contributed by atoms with Crippen LogP contribution < -0.4 is 21.4 Å². The molecule has 1 aliphatic rings. The summed E-state index contributed by atoms with van der Waals surface area (Å²) in [5.41, 5.74) is 11.8. The fourth-order valence-corrected chi connectivity index (χ4v) is 6.49. The fourth-order valence-electron chi connectivity index (χ4n) is 6.49. The van der Waals surface area contributed by atoms with E-state index in [1.807, 2.05) is 32.1 Å². The van der Waals surface area contributed by atoms with Crippen LogP contribution in [0.1, 0.15) is 87.0 Å². The molecule has 228 valence electrons. The Morgan fingerprint density at radius 1 is 0.682 bits per heavy atom. The van der Waals surface area contributed by atoms with Crippen molar-refractivity contribution in [3.8, 4) is 0 Å². The van der Waals surface area contributed by atoms with E-state index in [0.29, 0.717) is 12.8 Å². The first kappa shape index (κ1) is 30.5. The molecule has 0 amide bonds. The minimum Gasteiger partial charge on any atom is -0.481 e. The van der Waals surface area contributed by atoms with E-state index < -0.39 is 11.9 Å². The van der Waals surface area contributed by atoms with Gasteiger partial charge in [0.2, 0.25) is 0 Å². The minimum absolute atomic E-state index is 0.00364. The molecule has 0 aromatic carbocycles. The van der Waals surface area contributed by atoms with Crippen molar-refractivity contribution >= 4 is 48.4 Å². The zero-order valence-corrected chi connectivity index (χ0v) is 26.1. The second kappa shape index (κ2) is 12.0. The summed E-state index contributed by atoms with van der Waals surface area (Å²) in [6.45, 7) is 19.3. The van der Waals surface area contributed by atoms with Crippen molar-refractivity contribution in [3.05, 3.63) is 102 Å². The molecule has 0 saturated carbocycles. The number of carbonyl (C=O) groups is 2. The second-order valence-electron chi connectivity index (χ2n) is 11.4. The van der Waals surface area contributed by atoms with Gasteiger partial charge in [-0.2, -0.15) is 0 Å². The number of H-pyrrole nitrogens is 3. The highest BCUT2D eigenvalue weighted by atomic mass is 16.4. The molecule has 0 fully saturated rings. The van der Waals surface area contributed by atoms with E-state index in [4.69, 9.17) is 0 Å². The van der Waals surface area contributed by atoms with Crippen LogP contribution in [-0.2, 0) is 29.0 Å². The molecular weight excluding hydrogens is 552 g/mol. The summed E-state index contributed by atoms with van der Waals surface area (Å²) in [6.07, 6.45) is 12.8. The van der Waals surface area contributed by atoms with Crippen molar-refractivity contribution in [2.75, 3.05) is 0 Å². The van der Waals surface area contributed by atoms with Crippen molar-refractivity contribution in [3.63, 3.8) is 0 Å². The summed E-state index contributed by atoms with van der Waals surface area (Å²) in [4.78, 5) is 34.0. The van der Waals surface area contributed by atoms with Crippen LogP contribution in [0.5, 0.6) is 0 Å². The van der Waals surface area contributed by atoms with Crippen molar-refractivity contribution in [2.24, 2.45) is 0 Å². The molecule has 0 aliphatic carbocycles. The van der Waals surface area contributed by atoms with Crippen LogP contribution in [0, 0.1) is 27.7 Å². The summed E-state index contributed by atoms with van der Waals surface area (Å²) in [5, 5.41) is 22.6. The summed E-state index contributed by atoms with van der Waals surface area (Å²) in [7, 11) is 0. The molecule has 44 heavy (non-hydrogen) atoms. The maximum Gasteiger partial charge on any atom is 0.303 e.